The molecule has 3 aromatic rings. The lowest BCUT2D eigenvalue weighted by atomic mass is 9.90. The Kier molecular flexibility index (Phi) is 5.13. The minimum Gasteiger partial charge on any atom is -0.477 e. The second-order valence-electron chi connectivity index (χ2n) is 7.91. The molecule has 9 heteroatoms. The first-order chi connectivity index (χ1) is 15.4. The predicted molar refractivity (Wildman–Crippen MR) is 111 cm³/mol. The Hall–Kier alpha value is -3.33. The molecule has 32 heavy (non-hydrogen) atoms. The third-order valence-electron chi connectivity index (χ3n) is 6.04. The molecule has 0 bridgehead atoms. The van der Waals surface area contributed by atoms with E-state index in [9.17, 15) is 23.3 Å². The number of fused-ring (bicyclic) bond motifs is 3. The summed E-state index contributed by atoms with van der Waals surface area (Å²) in [6.45, 7) is 2.53. The van der Waals surface area contributed by atoms with Crippen LogP contribution in [-0.4, -0.2) is 37.3 Å². The third kappa shape index (κ3) is 3.42. The Bertz CT molecular complexity index is 1210. The molecule has 2 aliphatic rings. The first kappa shape index (κ1) is 20.6. The van der Waals surface area contributed by atoms with Crippen LogP contribution in [0.5, 0.6) is 5.75 Å². The smallest absolute Gasteiger partial charge is 0.257 e. The standard InChI is InChI=1S/C23H19F3N2O4/c24-17-12-19(26)18(25)11-16(17)23-21(28(29)30)10-13-9-20(27-5-7-31-8-6-27)14-3-1-2-4-15(14)22(13)32-23/h1-4,9,11-12,21,23H,5-8,10H2. The summed E-state index contributed by atoms with van der Waals surface area (Å²) in [7, 11) is 0. The van der Waals surface area contributed by atoms with E-state index in [0.29, 0.717) is 49.7 Å². The van der Waals surface area contributed by atoms with Crippen LogP contribution in [-0.2, 0) is 11.2 Å². The highest BCUT2D eigenvalue weighted by atomic mass is 19.2. The average Bonchev–Trinajstić information content (AvgIpc) is 2.80. The van der Waals surface area contributed by atoms with Gasteiger partial charge in [0.15, 0.2) is 17.7 Å². The monoisotopic (exact) mass is 444 g/mol. The highest BCUT2D eigenvalue weighted by molar-refractivity contribution is 5.99. The Morgan fingerprint density at radius 1 is 0.969 bits per heavy atom. The molecular weight excluding hydrogens is 425 g/mol. The molecule has 6 nitrogen and oxygen atoms in total. The zero-order valence-corrected chi connectivity index (χ0v) is 16.9. The van der Waals surface area contributed by atoms with E-state index < -0.39 is 34.5 Å². The quantitative estimate of drug-likeness (QED) is 0.340. The number of nitro groups is 1. The molecule has 5 rings (SSSR count). The predicted octanol–water partition coefficient (Wildman–Crippen LogP) is 4.42. The van der Waals surface area contributed by atoms with Gasteiger partial charge in [0.25, 0.3) is 6.04 Å². The second kappa shape index (κ2) is 7.98. The maximum atomic E-state index is 14.5. The normalized spacial score (nSPS) is 20.7. The Morgan fingerprint density at radius 3 is 2.38 bits per heavy atom. The molecule has 166 valence electrons. The number of morpholine rings is 1. The van der Waals surface area contributed by atoms with Crippen LogP contribution >= 0.6 is 0 Å². The van der Waals surface area contributed by atoms with Crippen molar-refractivity contribution in [2.75, 3.05) is 31.2 Å². The lowest BCUT2D eigenvalue weighted by Gasteiger charge is -2.34. The molecule has 2 aliphatic heterocycles. The highest BCUT2D eigenvalue weighted by Crippen LogP contribution is 2.45. The average molecular weight is 444 g/mol. The Labute approximate surface area is 181 Å². The summed E-state index contributed by atoms with van der Waals surface area (Å²) in [4.78, 5) is 13.5. The lowest BCUT2D eigenvalue weighted by Crippen LogP contribution is -2.38. The Morgan fingerprint density at radius 2 is 1.66 bits per heavy atom. The summed E-state index contributed by atoms with van der Waals surface area (Å²) >= 11 is 0. The fourth-order valence-corrected chi connectivity index (χ4v) is 4.49. The lowest BCUT2D eigenvalue weighted by molar-refractivity contribution is -0.535. The summed E-state index contributed by atoms with van der Waals surface area (Å²) in [6.07, 6.45) is -1.43. The van der Waals surface area contributed by atoms with Crippen molar-refractivity contribution in [1.82, 2.24) is 0 Å². The van der Waals surface area contributed by atoms with Gasteiger partial charge in [0, 0.05) is 58.1 Å². The van der Waals surface area contributed by atoms with Crippen LogP contribution in [0.15, 0.2) is 42.5 Å². The maximum absolute atomic E-state index is 14.5. The van der Waals surface area contributed by atoms with Crippen LogP contribution in [0.1, 0.15) is 17.2 Å². The largest absolute Gasteiger partial charge is 0.477 e. The van der Waals surface area contributed by atoms with Crippen LogP contribution in [0, 0.1) is 27.6 Å². The molecule has 0 spiro atoms. The molecule has 0 aliphatic carbocycles. The van der Waals surface area contributed by atoms with Gasteiger partial charge in [-0.25, -0.2) is 13.2 Å². The third-order valence-corrected chi connectivity index (χ3v) is 6.04. The minimum atomic E-state index is -1.40. The molecule has 0 saturated carbocycles. The topological polar surface area (TPSA) is 64.8 Å². The number of nitrogens with zero attached hydrogens (tertiary/aromatic N) is 2. The molecule has 1 saturated heterocycles. The van der Waals surface area contributed by atoms with Crippen molar-refractivity contribution in [3.8, 4) is 5.75 Å². The molecule has 0 radical (unpaired) electrons. The van der Waals surface area contributed by atoms with Crippen LogP contribution in [0.4, 0.5) is 18.9 Å². The van der Waals surface area contributed by atoms with Crippen LogP contribution < -0.4 is 9.64 Å². The van der Waals surface area contributed by atoms with E-state index in [1.807, 2.05) is 30.3 Å². The SMILES string of the molecule is O=[N+]([O-])C1Cc2cc(N3CCOCC3)c3ccccc3c2OC1c1cc(F)c(F)cc1F. The summed E-state index contributed by atoms with van der Waals surface area (Å²) in [5.41, 5.74) is 1.16. The van der Waals surface area contributed by atoms with E-state index in [0.717, 1.165) is 16.5 Å². The van der Waals surface area contributed by atoms with Gasteiger partial charge in [-0.1, -0.05) is 24.3 Å². The van der Waals surface area contributed by atoms with Gasteiger partial charge in [0.1, 0.15) is 11.6 Å². The van der Waals surface area contributed by atoms with Crippen molar-refractivity contribution in [3.63, 3.8) is 0 Å². The number of ether oxygens (including phenoxy) is 2. The maximum Gasteiger partial charge on any atom is 0.257 e. The van der Waals surface area contributed by atoms with Crippen LogP contribution in [0.3, 0.4) is 0 Å². The molecule has 0 N–H and O–H groups in total. The van der Waals surface area contributed by atoms with E-state index in [-0.39, 0.29) is 12.0 Å². The van der Waals surface area contributed by atoms with Crippen molar-refractivity contribution >= 4 is 16.5 Å². The highest BCUT2D eigenvalue weighted by Gasteiger charge is 2.42. The first-order valence-corrected chi connectivity index (χ1v) is 10.3. The fraction of sp³-hybridized carbons (Fsp3) is 0.304. The minimum absolute atomic E-state index is 0.0341. The van der Waals surface area contributed by atoms with E-state index in [1.165, 1.54) is 0 Å². The number of benzene rings is 3. The van der Waals surface area contributed by atoms with Gasteiger partial charge in [-0.05, 0) is 12.1 Å². The van der Waals surface area contributed by atoms with Crippen LogP contribution in [0.2, 0.25) is 0 Å². The van der Waals surface area contributed by atoms with Gasteiger partial charge in [0.2, 0.25) is 0 Å². The molecule has 3 aromatic carbocycles. The van der Waals surface area contributed by atoms with Crippen LogP contribution in [0.25, 0.3) is 10.8 Å². The van der Waals surface area contributed by atoms with Gasteiger partial charge < -0.3 is 14.4 Å². The number of rotatable bonds is 3. The van der Waals surface area contributed by atoms with Crippen molar-refractivity contribution in [2.24, 2.45) is 0 Å². The van der Waals surface area contributed by atoms with Crippen molar-refractivity contribution in [1.29, 1.82) is 0 Å². The molecule has 2 atom stereocenters. The van der Waals surface area contributed by atoms with E-state index >= 15 is 0 Å². The number of halogens is 3. The van der Waals surface area contributed by atoms with Gasteiger partial charge in [-0.2, -0.15) is 0 Å². The number of hydrogen-bond donors (Lipinski definition) is 0. The molecular formula is C23H19F3N2O4. The Balaban J connectivity index is 1.66. The summed E-state index contributed by atoms with van der Waals surface area (Å²) in [5.74, 6) is -3.34. The van der Waals surface area contributed by atoms with E-state index in [1.54, 1.807) is 0 Å². The van der Waals surface area contributed by atoms with E-state index in [4.69, 9.17) is 9.47 Å². The van der Waals surface area contributed by atoms with Gasteiger partial charge >= 0.3 is 0 Å². The van der Waals surface area contributed by atoms with Crippen molar-refractivity contribution in [2.45, 2.75) is 18.6 Å². The van der Waals surface area contributed by atoms with E-state index in [2.05, 4.69) is 4.90 Å². The molecule has 2 heterocycles. The van der Waals surface area contributed by atoms with Gasteiger partial charge in [-0.3, -0.25) is 10.1 Å². The zero-order chi connectivity index (χ0) is 22.4. The van der Waals surface area contributed by atoms with Crippen molar-refractivity contribution in [3.05, 3.63) is 81.2 Å². The fourth-order valence-electron chi connectivity index (χ4n) is 4.49. The van der Waals surface area contributed by atoms with Gasteiger partial charge in [0.05, 0.1) is 13.2 Å². The zero-order valence-electron chi connectivity index (χ0n) is 16.9. The molecule has 2 unspecified atom stereocenters. The van der Waals surface area contributed by atoms with Crippen molar-refractivity contribution < 1.29 is 27.6 Å². The van der Waals surface area contributed by atoms with Gasteiger partial charge in [-0.15, -0.1) is 0 Å². The molecule has 0 aromatic heterocycles. The molecule has 0 amide bonds. The second-order valence-corrected chi connectivity index (χ2v) is 7.91. The summed E-state index contributed by atoms with van der Waals surface area (Å²) < 4.78 is 53.3. The number of anilines is 1. The number of hydrogen-bond acceptors (Lipinski definition) is 5. The first-order valence-electron chi connectivity index (χ1n) is 10.3. The summed E-state index contributed by atoms with van der Waals surface area (Å²) in [6, 6.07) is 9.01. The molecule has 1 fully saturated rings. The summed E-state index contributed by atoms with van der Waals surface area (Å²) in [5, 5.41) is 13.5.